The van der Waals surface area contributed by atoms with Gasteiger partial charge >= 0.3 is 0 Å². The lowest BCUT2D eigenvalue weighted by molar-refractivity contribution is -0.602. The Balaban J connectivity index is 2.54. The lowest BCUT2D eigenvalue weighted by atomic mass is 10.3. The van der Waals surface area contributed by atoms with Gasteiger partial charge in [-0.3, -0.25) is 0 Å². The van der Waals surface area contributed by atoms with E-state index in [0.29, 0.717) is 0 Å². The fourth-order valence-corrected chi connectivity index (χ4v) is 1.41. The molecule has 1 heteroatoms. The van der Waals surface area contributed by atoms with Crippen molar-refractivity contribution in [3.05, 3.63) is 60.4 Å². The van der Waals surface area contributed by atoms with Crippen LogP contribution in [-0.4, -0.2) is 0 Å². The van der Waals surface area contributed by atoms with Crippen molar-refractivity contribution in [1.29, 1.82) is 0 Å². The molecule has 0 amide bonds. The van der Waals surface area contributed by atoms with Crippen molar-refractivity contribution in [2.24, 2.45) is 0 Å². The third-order valence-corrected chi connectivity index (χ3v) is 2.10. The summed E-state index contributed by atoms with van der Waals surface area (Å²) in [7, 11) is 0. The van der Waals surface area contributed by atoms with Crippen LogP contribution in [0.2, 0.25) is 0 Å². The third kappa shape index (κ3) is 1.59. The Morgan fingerprint density at radius 2 is 1.54 bits per heavy atom. The number of aryl methyl sites for hydroxylation is 1. The lowest BCUT2D eigenvalue weighted by Gasteiger charge is -1.97. The van der Waals surface area contributed by atoms with Crippen LogP contribution in [0.1, 0.15) is 5.69 Å². The minimum absolute atomic E-state index is 1.21. The van der Waals surface area contributed by atoms with Crippen LogP contribution in [0, 0.1) is 6.92 Å². The molecule has 0 radical (unpaired) electrons. The molecule has 2 rings (SSSR count). The molecule has 1 aromatic carbocycles. The van der Waals surface area contributed by atoms with Gasteiger partial charge in [-0.15, -0.1) is 0 Å². The first-order valence-electron chi connectivity index (χ1n) is 4.40. The van der Waals surface area contributed by atoms with Gasteiger partial charge in [-0.25, -0.2) is 0 Å². The molecule has 2 aromatic rings. The van der Waals surface area contributed by atoms with Gasteiger partial charge in [0.25, 0.3) is 0 Å². The minimum Gasteiger partial charge on any atom is -0.165 e. The summed E-state index contributed by atoms with van der Waals surface area (Å²) in [5.74, 6) is 0. The molecular weight excluding hydrogens is 158 g/mol. The summed E-state index contributed by atoms with van der Waals surface area (Å²) in [5, 5.41) is 0. The summed E-state index contributed by atoms with van der Waals surface area (Å²) in [6.07, 6.45) is 2.07. The SMILES string of the molecule is Cc1cccc[n+]1-c1ccccc1. The summed E-state index contributed by atoms with van der Waals surface area (Å²) in [6.45, 7) is 2.10. The van der Waals surface area contributed by atoms with Crippen LogP contribution in [0.25, 0.3) is 5.69 Å². The number of nitrogens with zero attached hydrogens (tertiary/aromatic N) is 1. The van der Waals surface area contributed by atoms with E-state index < -0.39 is 0 Å². The van der Waals surface area contributed by atoms with Crippen LogP contribution < -0.4 is 4.57 Å². The predicted molar refractivity (Wildman–Crippen MR) is 52.7 cm³/mol. The average molecular weight is 170 g/mol. The zero-order valence-electron chi connectivity index (χ0n) is 7.64. The Morgan fingerprint density at radius 1 is 0.846 bits per heavy atom. The third-order valence-electron chi connectivity index (χ3n) is 2.10. The Morgan fingerprint density at radius 3 is 2.23 bits per heavy atom. The minimum atomic E-state index is 1.21. The van der Waals surface area contributed by atoms with Gasteiger partial charge in [0.15, 0.2) is 11.9 Å². The van der Waals surface area contributed by atoms with Crippen LogP contribution in [0.5, 0.6) is 0 Å². The standard InChI is InChI=1S/C12H12N/c1-11-7-5-6-10-13(11)12-8-3-2-4-9-12/h2-10H,1H3/q+1. The normalized spacial score (nSPS) is 9.92. The van der Waals surface area contributed by atoms with Crippen molar-refractivity contribution in [2.75, 3.05) is 0 Å². The monoisotopic (exact) mass is 170 g/mol. The van der Waals surface area contributed by atoms with E-state index in [1.165, 1.54) is 11.4 Å². The molecule has 0 saturated carbocycles. The quantitative estimate of drug-likeness (QED) is 0.578. The molecule has 0 aliphatic rings. The van der Waals surface area contributed by atoms with Gasteiger partial charge in [-0.1, -0.05) is 24.3 Å². The van der Waals surface area contributed by atoms with Crippen molar-refractivity contribution in [2.45, 2.75) is 6.92 Å². The number of hydrogen-bond acceptors (Lipinski definition) is 0. The molecular formula is C12H12N+. The van der Waals surface area contributed by atoms with Crippen LogP contribution in [0.3, 0.4) is 0 Å². The number of para-hydroxylation sites is 1. The Bertz CT molecular complexity index is 393. The largest absolute Gasteiger partial charge is 0.210 e. The van der Waals surface area contributed by atoms with Gasteiger partial charge in [-0.05, 0) is 0 Å². The molecule has 0 aliphatic carbocycles. The molecule has 0 fully saturated rings. The molecule has 0 aliphatic heterocycles. The molecule has 0 spiro atoms. The van der Waals surface area contributed by atoms with Gasteiger partial charge in [0.2, 0.25) is 5.69 Å². The van der Waals surface area contributed by atoms with Crippen LogP contribution >= 0.6 is 0 Å². The summed E-state index contributed by atoms with van der Waals surface area (Å²) in [6, 6.07) is 16.5. The molecule has 0 bridgehead atoms. The Kier molecular flexibility index (Phi) is 2.09. The van der Waals surface area contributed by atoms with Gasteiger partial charge in [-0.2, -0.15) is 4.57 Å². The second kappa shape index (κ2) is 3.40. The molecule has 0 unspecified atom stereocenters. The van der Waals surface area contributed by atoms with E-state index in [1.54, 1.807) is 0 Å². The molecule has 0 saturated heterocycles. The first-order valence-corrected chi connectivity index (χ1v) is 4.40. The fraction of sp³-hybridized carbons (Fsp3) is 0.0833. The first kappa shape index (κ1) is 7.99. The molecule has 0 N–H and O–H groups in total. The van der Waals surface area contributed by atoms with Crippen LogP contribution in [0.15, 0.2) is 54.7 Å². The van der Waals surface area contributed by atoms with E-state index in [0.717, 1.165) is 0 Å². The van der Waals surface area contributed by atoms with Gasteiger partial charge < -0.3 is 0 Å². The number of benzene rings is 1. The second-order valence-corrected chi connectivity index (χ2v) is 3.05. The average Bonchev–Trinajstić information content (AvgIpc) is 2.20. The topological polar surface area (TPSA) is 3.88 Å². The Labute approximate surface area is 78.3 Å². The molecule has 1 nitrogen and oxygen atoms in total. The maximum Gasteiger partial charge on any atom is 0.210 e. The van der Waals surface area contributed by atoms with E-state index in [-0.39, 0.29) is 0 Å². The van der Waals surface area contributed by atoms with Crippen molar-refractivity contribution in [3.8, 4) is 5.69 Å². The van der Waals surface area contributed by atoms with E-state index >= 15 is 0 Å². The predicted octanol–water partition coefficient (Wildman–Crippen LogP) is 2.27. The number of aromatic nitrogens is 1. The summed E-state index contributed by atoms with van der Waals surface area (Å²) < 4.78 is 2.17. The highest BCUT2D eigenvalue weighted by Crippen LogP contribution is 1.99. The highest BCUT2D eigenvalue weighted by Gasteiger charge is 2.06. The van der Waals surface area contributed by atoms with Crippen LogP contribution in [0.4, 0.5) is 0 Å². The fourth-order valence-electron chi connectivity index (χ4n) is 1.41. The molecule has 0 atom stereocenters. The maximum absolute atomic E-state index is 2.17. The highest BCUT2D eigenvalue weighted by molar-refractivity contribution is 5.22. The van der Waals surface area contributed by atoms with Gasteiger partial charge in [0.1, 0.15) is 0 Å². The van der Waals surface area contributed by atoms with E-state index in [1.807, 2.05) is 12.1 Å². The van der Waals surface area contributed by atoms with Crippen molar-refractivity contribution in [3.63, 3.8) is 0 Å². The summed E-state index contributed by atoms with van der Waals surface area (Å²) in [5.41, 5.74) is 2.45. The maximum atomic E-state index is 2.17. The number of hydrogen-bond donors (Lipinski definition) is 0. The molecule has 13 heavy (non-hydrogen) atoms. The van der Waals surface area contributed by atoms with Gasteiger partial charge in [0, 0.05) is 31.2 Å². The lowest BCUT2D eigenvalue weighted by Crippen LogP contribution is -2.33. The highest BCUT2D eigenvalue weighted by atomic mass is 15.0. The number of rotatable bonds is 1. The van der Waals surface area contributed by atoms with E-state index in [2.05, 4.69) is 54.1 Å². The van der Waals surface area contributed by atoms with Crippen molar-refractivity contribution < 1.29 is 4.57 Å². The van der Waals surface area contributed by atoms with Gasteiger partial charge in [0.05, 0.1) is 0 Å². The zero-order chi connectivity index (χ0) is 9.10. The smallest absolute Gasteiger partial charge is 0.165 e. The molecule has 1 heterocycles. The van der Waals surface area contributed by atoms with Crippen molar-refractivity contribution in [1.82, 2.24) is 0 Å². The van der Waals surface area contributed by atoms with E-state index in [9.17, 15) is 0 Å². The van der Waals surface area contributed by atoms with Crippen molar-refractivity contribution >= 4 is 0 Å². The Hall–Kier alpha value is -1.63. The molecule has 1 aromatic heterocycles. The summed E-state index contributed by atoms with van der Waals surface area (Å²) in [4.78, 5) is 0. The second-order valence-electron chi connectivity index (χ2n) is 3.05. The molecule has 64 valence electrons. The van der Waals surface area contributed by atoms with Crippen LogP contribution in [-0.2, 0) is 0 Å². The zero-order valence-corrected chi connectivity index (χ0v) is 7.64. The summed E-state index contributed by atoms with van der Waals surface area (Å²) >= 11 is 0. The van der Waals surface area contributed by atoms with E-state index in [4.69, 9.17) is 0 Å². The first-order chi connectivity index (χ1) is 6.38. The number of pyridine rings is 1.